The number of hydrogen-bond donors (Lipinski definition) is 0. The Labute approximate surface area is 151 Å². The normalized spacial score (nSPS) is 10.3. The molecule has 0 unspecified atom stereocenters. The SMILES string of the molecule is N#Cc1cccc(-c2ncnc(-c3ccc(-c4ccccc4)cc3)n2)c1. The van der Waals surface area contributed by atoms with Crippen molar-refractivity contribution in [3.8, 4) is 40.0 Å². The summed E-state index contributed by atoms with van der Waals surface area (Å²) >= 11 is 0. The average molecular weight is 334 g/mol. The second-order valence-corrected chi connectivity index (χ2v) is 5.77. The van der Waals surface area contributed by atoms with Gasteiger partial charge in [0.25, 0.3) is 0 Å². The van der Waals surface area contributed by atoms with Crippen LogP contribution in [0.3, 0.4) is 0 Å². The van der Waals surface area contributed by atoms with Crippen molar-refractivity contribution in [2.45, 2.75) is 0 Å². The highest BCUT2D eigenvalue weighted by Crippen LogP contribution is 2.24. The van der Waals surface area contributed by atoms with E-state index in [-0.39, 0.29) is 0 Å². The Morgan fingerprint density at radius 1 is 0.615 bits per heavy atom. The highest BCUT2D eigenvalue weighted by molar-refractivity contribution is 5.68. The molecule has 0 radical (unpaired) electrons. The molecule has 1 heterocycles. The molecule has 0 N–H and O–H groups in total. The van der Waals surface area contributed by atoms with Gasteiger partial charge in [0, 0.05) is 11.1 Å². The maximum absolute atomic E-state index is 9.06. The molecule has 0 aliphatic rings. The Morgan fingerprint density at radius 3 is 1.96 bits per heavy atom. The monoisotopic (exact) mass is 334 g/mol. The van der Waals surface area contributed by atoms with Crippen LogP contribution in [-0.2, 0) is 0 Å². The minimum Gasteiger partial charge on any atom is -0.217 e. The van der Waals surface area contributed by atoms with E-state index in [1.807, 2.05) is 42.5 Å². The number of hydrogen-bond acceptors (Lipinski definition) is 4. The maximum atomic E-state index is 9.06. The third-order valence-corrected chi connectivity index (χ3v) is 4.07. The molecule has 0 atom stereocenters. The fraction of sp³-hybridized carbons (Fsp3) is 0. The molecule has 0 aliphatic carbocycles. The lowest BCUT2D eigenvalue weighted by atomic mass is 10.0. The second kappa shape index (κ2) is 6.96. The molecule has 122 valence electrons. The molecular formula is C22H14N4. The smallest absolute Gasteiger partial charge is 0.163 e. The molecule has 26 heavy (non-hydrogen) atoms. The van der Waals surface area contributed by atoms with Gasteiger partial charge in [0.2, 0.25) is 0 Å². The molecule has 0 saturated heterocycles. The lowest BCUT2D eigenvalue weighted by Crippen LogP contribution is -1.95. The van der Waals surface area contributed by atoms with Crippen LogP contribution in [0.25, 0.3) is 33.9 Å². The zero-order valence-electron chi connectivity index (χ0n) is 13.9. The topological polar surface area (TPSA) is 62.5 Å². The van der Waals surface area contributed by atoms with Crippen LogP contribution in [0.1, 0.15) is 5.56 Å². The maximum Gasteiger partial charge on any atom is 0.163 e. The van der Waals surface area contributed by atoms with E-state index in [2.05, 4.69) is 45.3 Å². The summed E-state index contributed by atoms with van der Waals surface area (Å²) in [4.78, 5) is 13.1. The molecule has 3 aromatic carbocycles. The van der Waals surface area contributed by atoms with E-state index in [1.54, 1.807) is 12.1 Å². The number of rotatable bonds is 3. The molecule has 4 aromatic rings. The van der Waals surface area contributed by atoms with Gasteiger partial charge in [-0.05, 0) is 23.3 Å². The first kappa shape index (κ1) is 15.7. The summed E-state index contributed by atoms with van der Waals surface area (Å²) < 4.78 is 0. The first-order valence-corrected chi connectivity index (χ1v) is 8.19. The van der Waals surface area contributed by atoms with Crippen molar-refractivity contribution in [3.63, 3.8) is 0 Å². The fourth-order valence-corrected chi connectivity index (χ4v) is 2.74. The summed E-state index contributed by atoms with van der Waals surface area (Å²) in [7, 11) is 0. The summed E-state index contributed by atoms with van der Waals surface area (Å²) in [6.45, 7) is 0. The van der Waals surface area contributed by atoms with Gasteiger partial charge in [0.05, 0.1) is 11.6 Å². The molecule has 0 spiro atoms. The van der Waals surface area contributed by atoms with Gasteiger partial charge in [0.1, 0.15) is 6.33 Å². The Bertz CT molecular complexity index is 1080. The number of nitrogens with zero attached hydrogens (tertiary/aromatic N) is 4. The highest BCUT2D eigenvalue weighted by Gasteiger charge is 2.07. The largest absolute Gasteiger partial charge is 0.217 e. The molecule has 4 nitrogen and oxygen atoms in total. The highest BCUT2D eigenvalue weighted by atomic mass is 15.0. The Balaban J connectivity index is 1.67. The quantitative estimate of drug-likeness (QED) is 0.542. The summed E-state index contributed by atoms with van der Waals surface area (Å²) in [6, 6.07) is 27.7. The van der Waals surface area contributed by atoms with Crippen molar-refractivity contribution in [1.29, 1.82) is 5.26 Å². The van der Waals surface area contributed by atoms with Crippen LogP contribution in [0.4, 0.5) is 0 Å². The summed E-state index contributed by atoms with van der Waals surface area (Å²) in [6.07, 6.45) is 1.50. The Kier molecular flexibility index (Phi) is 4.19. The van der Waals surface area contributed by atoms with Gasteiger partial charge in [-0.25, -0.2) is 15.0 Å². The van der Waals surface area contributed by atoms with Crippen LogP contribution in [0.5, 0.6) is 0 Å². The molecule has 0 amide bonds. The molecule has 4 heteroatoms. The lowest BCUT2D eigenvalue weighted by Gasteiger charge is -2.05. The first-order chi connectivity index (χ1) is 12.8. The first-order valence-electron chi connectivity index (χ1n) is 8.19. The van der Waals surface area contributed by atoms with E-state index in [0.717, 1.165) is 16.7 Å². The Morgan fingerprint density at radius 2 is 1.23 bits per heavy atom. The molecule has 1 aromatic heterocycles. The molecule has 0 aliphatic heterocycles. The van der Waals surface area contributed by atoms with Crippen molar-refractivity contribution in [3.05, 3.63) is 90.8 Å². The van der Waals surface area contributed by atoms with Crippen molar-refractivity contribution in [2.75, 3.05) is 0 Å². The predicted molar refractivity (Wildman–Crippen MR) is 101 cm³/mol. The summed E-state index contributed by atoms with van der Waals surface area (Å²) in [5.41, 5.74) is 4.61. The van der Waals surface area contributed by atoms with Crippen molar-refractivity contribution in [2.24, 2.45) is 0 Å². The lowest BCUT2D eigenvalue weighted by molar-refractivity contribution is 1.06. The standard InChI is InChI=1S/C22H14N4/c23-14-16-5-4-8-20(13-16)22-25-15-24-21(26-22)19-11-9-18(10-12-19)17-6-2-1-3-7-17/h1-13,15H. The molecule has 4 rings (SSSR count). The number of benzene rings is 3. The molecule has 0 saturated carbocycles. The van der Waals surface area contributed by atoms with Crippen LogP contribution in [0.15, 0.2) is 85.2 Å². The van der Waals surface area contributed by atoms with Crippen LogP contribution in [-0.4, -0.2) is 15.0 Å². The van der Waals surface area contributed by atoms with Crippen LogP contribution in [0, 0.1) is 11.3 Å². The summed E-state index contributed by atoms with van der Waals surface area (Å²) in [5, 5.41) is 9.06. The second-order valence-electron chi connectivity index (χ2n) is 5.77. The van der Waals surface area contributed by atoms with E-state index in [9.17, 15) is 0 Å². The van der Waals surface area contributed by atoms with Crippen molar-refractivity contribution in [1.82, 2.24) is 15.0 Å². The number of aromatic nitrogens is 3. The van der Waals surface area contributed by atoms with Crippen LogP contribution in [0.2, 0.25) is 0 Å². The molecular weight excluding hydrogens is 320 g/mol. The van der Waals surface area contributed by atoms with E-state index in [4.69, 9.17) is 5.26 Å². The van der Waals surface area contributed by atoms with Gasteiger partial charge >= 0.3 is 0 Å². The Hall–Kier alpha value is -3.84. The van der Waals surface area contributed by atoms with Crippen LogP contribution >= 0.6 is 0 Å². The fourth-order valence-electron chi connectivity index (χ4n) is 2.74. The third kappa shape index (κ3) is 3.19. The van der Waals surface area contributed by atoms with Gasteiger partial charge in [-0.2, -0.15) is 5.26 Å². The molecule has 0 fully saturated rings. The zero-order chi connectivity index (χ0) is 17.8. The van der Waals surface area contributed by atoms with E-state index in [1.165, 1.54) is 11.9 Å². The minimum atomic E-state index is 0.555. The van der Waals surface area contributed by atoms with E-state index < -0.39 is 0 Å². The number of nitriles is 1. The third-order valence-electron chi connectivity index (χ3n) is 4.07. The van der Waals surface area contributed by atoms with Gasteiger partial charge in [0.15, 0.2) is 11.6 Å². The average Bonchev–Trinajstić information content (AvgIpc) is 2.75. The van der Waals surface area contributed by atoms with Gasteiger partial charge in [-0.1, -0.05) is 66.7 Å². The summed E-state index contributed by atoms with van der Waals surface area (Å²) in [5.74, 6) is 1.16. The zero-order valence-corrected chi connectivity index (χ0v) is 13.9. The van der Waals surface area contributed by atoms with E-state index in [0.29, 0.717) is 17.2 Å². The van der Waals surface area contributed by atoms with Crippen molar-refractivity contribution < 1.29 is 0 Å². The van der Waals surface area contributed by atoms with Gasteiger partial charge < -0.3 is 0 Å². The molecule has 0 bridgehead atoms. The predicted octanol–water partition coefficient (Wildman–Crippen LogP) is 4.74. The van der Waals surface area contributed by atoms with Gasteiger partial charge in [-0.3, -0.25) is 0 Å². The minimum absolute atomic E-state index is 0.555. The van der Waals surface area contributed by atoms with E-state index >= 15 is 0 Å². The van der Waals surface area contributed by atoms with Crippen LogP contribution < -0.4 is 0 Å². The van der Waals surface area contributed by atoms with Gasteiger partial charge in [-0.15, -0.1) is 0 Å². The van der Waals surface area contributed by atoms with Crippen molar-refractivity contribution >= 4 is 0 Å².